The highest BCUT2D eigenvalue weighted by Gasteiger charge is 2.34. The Hall–Kier alpha value is -7.38. The molecule has 13 rings (SSSR count). The largest absolute Gasteiger partial charge is 0.353 e. The first kappa shape index (κ1) is 48.3. The van der Waals surface area contributed by atoms with Gasteiger partial charge in [-0.2, -0.15) is 0 Å². The van der Waals surface area contributed by atoms with E-state index in [2.05, 4.69) is 251 Å². The summed E-state index contributed by atoms with van der Waals surface area (Å²) in [6.07, 6.45) is 0. The summed E-state index contributed by atoms with van der Waals surface area (Å²) in [5, 5.41) is 4.68. The van der Waals surface area contributed by atoms with Gasteiger partial charge in [0, 0.05) is 54.9 Å². The second-order valence-corrected chi connectivity index (χ2v) is 27.4. The zero-order valence-corrected chi connectivity index (χ0v) is 47.4. The van der Waals surface area contributed by atoms with Gasteiger partial charge in [0.15, 0.2) is 0 Å². The minimum absolute atomic E-state index is 0.0921. The van der Waals surface area contributed by atoms with Crippen molar-refractivity contribution in [3.63, 3.8) is 0 Å². The molecule has 0 radical (unpaired) electrons. The maximum absolute atomic E-state index is 5.88. The van der Waals surface area contributed by atoms with Crippen LogP contribution in [0.5, 0.6) is 0 Å². The quantitative estimate of drug-likeness (QED) is 0.173. The van der Waals surface area contributed by atoms with Gasteiger partial charge in [0.25, 0.3) is 0 Å². The lowest BCUT2D eigenvalue weighted by Crippen LogP contribution is -2.17. The van der Waals surface area contributed by atoms with E-state index in [0.29, 0.717) is 0 Å². The number of hydrogen-bond donors (Lipinski definition) is 2. The number of hydrogen-bond acceptors (Lipinski definition) is 4. The highest BCUT2D eigenvalue weighted by molar-refractivity contribution is 7.18. The number of benzene rings is 6. The molecule has 0 spiro atoms. The fraction of sp³-hybridized carbons (Fsp3) is 0.229. The Kier molecular flexibility index (Phi) is 10.8. The first-order valence-corrected chi connectivity index (χ1v) is 28.4. The Morgan fingerprint density at radius 2 is 0.605 bits per heavy atom. The summed E-state index contributed by atoms with van der Waals surface area (Å²) in [4.78, 5) is 24.7. The van der Waals surface area contributed by atoms with Crippen molar-refractivity contribution in [2.45, 2.75) is 105 Å². The average Bonchev–Trinajstić information content (AvgIpc) is 4.30. The molecule has 0 amide bonds. The van der Waals surface area contributed by atoms with E-state index >= 15 is 0 Å². The van der Waals surface area contributed by atoms with Gasteiger partial charge in [0.2, 0.25) is 0 Å². The first-order chi connectivity index (χ1) is 36.2. The third kappa shape index (κ3) is 7.89. The molecule has 10 aromatic rings. The second kappa shape index (κ2) is 17.1. The molecule has 76 heavy (non-hydrogen) atoms. The summed E-state index contributed by atoms with van der Waals surface area (Å²) in [6.45, 7) is 27.9. The van der Waals surface area contributed by atoms with Crippen molar-refractivity contribution in [3.05, 3.63) is 235 Å². The minimum Gasteiger partial charge on any atom is -0.353 e. The monoisotopic (exact) mass is 1020 g/mol. The number of fused-ring (bicyclic) bond motifs is 26. The number of nitrogens with zero attached hydrogens (tertiary/aromatic N) is 2. The molecular formula is C70H64N4S2. The van der Waals surface area contributed by atoms with Crippen LogP contribution in [0.3, 0.4) is 0 Å². The van der Waals surface area contributed by atoms with Gasteiger partial charge in [-0.15, -0.1) is 22.7 Å². The molecular weight excluding hydrogens is 961 g/mol. The van der Waals surface area contributed by atoms with Crippen molar-refractivity contribution in [2.75, 3.05) is 0 Å². The highest BCUT2D eigenvalue weighted by Crippen LogP contribution is 2.50. The van der Waals surface area contributed by atoms with Crippen LogP contribution in [-0.2, 0) is 21.7 Å². The van der Waals surface area contributed by atoms with Crippen molar-refractivity contribution in [1.82, 2.24) is 9.97 Å². The van der Waals surface area contributed by atoms with Crippen LogP contribution in [0.4, 0.5) is 0 Å². The third-order valence-electron chi connectivity index (χ3n) is 15.8. The number of thiophene rings is 2. The lowest BCUT2D eigenvalue weighted by molar-refractivity contribution is 0.567. The molecule has 0 aliphatic carbocycles. The predicted octanol–water partition coefficient (Wildman–Crippen LogP) is 19.1. The van der Waals surface area contributed by atoms with E-state index in [-0.39, 0.29) is 21.7 Å². The van der Waals surface area contributed by atoms with Crippen molar-refractivity contribution in [3.8, 4) is 21.1 Å². The number of nitrogens with one attached hydrogen (secondary N) is 2. The van der Waals surface area contributed by atoms with Gasteiger partial charge in [-0.25, -0.2) is 9.98 Å². The summed E-state index contributed by atoms with van der Waals surface area (Å²) in [7, 11) is 0. The normalized spacial score (nSPS) is 14.6. The van der Waals surface area contributed by atoms with Gasteiger partial charge in [0.05, 0.1) is 65.1 Å². The molecule has 6 aromatic carbocycles. The second-order valence-electron chi connectivity index (χ2n) is 25.2. The summed E-state index contributed by atoms with van der Waals surface area (Å²) in [5.41, 5.74) is 22.2. The Morgan fingerprint density at radius 1 is 0.316 bits per heavy atom. The van der Waals surface area contributed by atoms with Crippen LogP contribution in [-0.4, -0.2) is 21.4 Å². The van der Waals surface area contributed by atoms with Gasteiger partial charge in [-0.3, -0.25) is 0 Å². The number of aromatic nitrogens is 2. The van der Waals surface area contributed by atoms with Gasteiger partial charge in [0.1, 0.15) is 0 Å². The molecule has 7 heterocycles. The predicted molar refractivity (Wildman–Crippen MR) is 327 cm³/mol. The molecule has 4 aromatic heterocycles. The molecule has 0 saturated carbocycles. The van der Waals surface area contributed by atoms with Crippen LogP contribution in [0.25, 0.3) is 65.2 Å². The molecule has 12 bridgehead atoms. The molecule has 3 aliphatic rings. The molecule has 3 aliphatic heterocycles. The van der Waals surface area contributed by atoms with E-state index in [1.54, 1.807) is 22.7 Å². The topological polar surface area (TPSA) is 56.3 Å². The molecule has 2 N–H and O–H groups in total. The summed E-state index contributed by atoms with van der Waals surface area (Å²) >= 11 is 3.61. The smallest absolute Gasteiger partial charge is 0.0888 e. The zero-order chi connectivity index (χ0) is 52.8. The van der Waals surface area contributed by atoms with Crippen LogP contribution >= 0.6 is 22.7 Å². The maximum Gasteiger partial charge on any atom is 0.0888 e. The average molecular weight is 1030 g/mol. The van der Waals surface area contributed by atoms with E-state index in [0.717, 1.165) is 110 Å². The Bertz CT molecular complexity index is 3860. The molecule has 0 unspecified atom stereocenters. The standard InChI is InChI=1S/C70H64N4S2/c1-67(2,3)41-33-39(34-42(37-41)68(4,5)6)57-63-49-25-17-13-21-45(49)59(71-63)53-29-31-55(75-53)61-47-23-15-19-27-51(47)65(73-61)58(40-35-43(69(7,8)9)38-44(36-40)70(10,11)12)66-52-28-20-16-24-48(52)62(74-66)56-32-30-54(76-56)60-46-22-14-18-26-50(46)64(57)72-60/h13-38,71,74H,1-12H3. The van der Waals surface area contributed by atoms with Crippen LogP contribution in [0, 0.1) is 0 Å². The van der Waals surface area contributed by atoms with Crippen molar-refractivity contribution >= 4 is 78.2 Å². The number of H-pyrrole nitrogens is 2. The van der Waals surface area contributed by atoms with Crippen LogP contribution in [0.2, 0.25) is 0 Å². The summed E-state index contributed by atoms with van der Waals surface area (Å²) in [6, 6.07) is 59.3. The summed E-state index contributed by atoms with van der Waals surface area (Å²) in [5.74, 6) is 0. The summed E-state index contributed by atoms with van der Waals surface area (Å²) < 4.78 is 0. The molecule has 6 heteroatoms. The Balaban J connectivity index is 1.16. The lowest BCUT2D eigenvalue weighted by atomic mass is 9.78. The van der Waals surface area contributed by atoms with Gasteiger partial charge < -0.3 is 9.97 Å². The molecule has 0 saturated heterocycles. The van der Waals surface area contributed by atoms with Crippen molar-refractivity contribution < 1.29 is 0 Å². The van der Waals surface area contributed by atoms with Crippen LogP contribution in [0.15, 0.2) is 168 Å². The van der Waals surface area contributed by atoms with E-state index in [1.807, 2.05) is 0 Å². The van der Waals surface area contributed by atoms with Gasteiger partial charge in [-0.05, 0) is 79.3 Å². The van der Waals surface area contributed by atoms with E-state index < -0.39 is 0 Å². The van der Waals surface area contributed by atoms with Crippen molar-refractivity contribution in [2.24, 2.45) is 9.98 Å². The minimum atomic E-state index is -0.0921. The Labute approximate surface area is 455 Å². The van der Waals surface area contributed by atoms with Crippen LogP contribution < -0.4 is 0 Å². The van der Waals surface area contributed by atoms with E-state index in [1.165, 1.54) is 43.8 Å². The van der Waals surface area contributed by atoms with Crippen LogP contribution in [0.1, 0.15) is 160 Å². The number of aliphatic imine (C=N–C) groups is 2. The van der Waals surface area contributed by atoms with E-state index in [4.69, 9.17) is 9.98 Å². The van der Waals surface area contributed by atoms with Crippen molar-refractivity contribution in [1.29, 1.82) is 0 Å². The number of rotatable bonds is 2. The maximum atomic E-state index is 5.88. The fourth-order valence-electron chi connectivity index (χ4n) is 11.4. The molecule has 4 nitrogen and oxygen atoms in total. The van der Waals surface area contributed by atoms with E-state index in [9.17, 15) is 0 Å². The molecule has 0 atom stereocenters. The number of aromatic amines is 2. The first-order valence-electron chi connectivity index (χ1n) is 26.8. The fourth-order valence-corrected chi connectivity index (χ4v) is 13.5. The molecule has 376 valence electrons. The Morgan fingerprint density at radius 3 is 0.934 bits per heavy atom. The third-order valence-corrected chi connectivity index (χ3v) is 18.0. The highest BCUT2D eigenvalue weighted by atomic mass is 32.1. The molecule has 0 fully saturated rings. The SMILES string of the molecule is CC(C)(C)c1cc(C2=C3N=C(c4ccc(s4)-c4[nH]c(c5ccccc45)C(c4cc(C(C)(C)C)cc(C(C)(C)C)c4)=C4N=C(c5ccc(s5)-c5[nH]c2c2ccccc52)c2ccccc24)c2ccccc23)cc(C(C)(C)C)c1. The lowest BCUT2D eigenvalue weighted by Gasteiger charge is -2.27. The van der Waals surface area contributed by atoms with Gasteiger partial charge >= 0.3 is 0 Å². The zero-order valence-electron chi connectivity index (χ0n) is 45.7. The van der Waals surface area contributed by atoms with Gasteiger partial charge in [-0.1, -0.05) is 217 Å².